The molecule has 10 heteroatoms. The monoisotopic (exact) mass is 386 g/mol. The molecule has 0 bridgehead atoms. The second-order valence-corrected chi connectivity index (χ2v) is 7.60. The third-order valence-electron chi connectivity index (χ3n) is 3.29. The Hall–Kier alpha value is -2.17. The Morgan fingerprint density at radius 1 is 1.12 bits per heavy atom. The summed E-state index contributed by atoms with van der Waals surface area (Å²) in [6.45, 7) is 2.59. The van der Waals surface area contributed by atoms with Crippen molar-refractivity contribution in [3.63, 3.8) is 0 Å². The average Bonchev–Trinajstić information content (AvgIpc) is 2.59. The van der Waals surface area contributed by atoms with E-state index in [2.05, 4.69) is 15.4 Å². The summed E-state index contributed by atoms with van der Waals surface area (Å²) < 4.78 is 31.4. The molecule has 9 nitrogen and oxygen atoms in total. The molecule has 0 aliphatic carbocycles. The molecule has 0 atom stereocenters. The number of amides is 2. The normalized spacial score (nSPS) is 11.2. The van der Waals surface area contributed by atoms with E-state index in [0.29, 0.717) is 17.9 Å². The van der Waals surface area contributed by atoms with Crippen LogP contribution in [0.2, 0.25) is 0 Å². The second-order valence-electron chi connectivity index (χ2n) is 5.63. The number of esters is 1. The molecule has 1 rings (SSSR count). The van der Waals surface area contributed by atoms with Crippen LogP contribution >= 0.6 is 0 Å². The number of nitrogens with zero attached hydrogens (tertiary/aromatic N) is 1. The van der Waals surface area contributed by atoms with E-state index in [1.807, 2.05) is 6.92 Å². The van der Waals surface area contributed by atoms with Crippen LogP contribution in [0.3, 0.4) is 0 Å². The fourth-order valence-corrected chi connectivity index (χ4v) is 2.36. The Morgan fingerprint density at radius 3 is 2.35 bits per heavy atom. The van der Waals surface area contributed by atoms with Crippen molar-refractivity contribution < 1.29 is 22.7 Å². The molecule has 0 aliphatic heterocycles. The summed E-state index contributed by atoms with van der Waals surface area (Å²) >= 11 is 0. The van der Waals surface area contributed by atoms with E-state index in [1.165, 1.54) is 14.1 Å². The Labute approximate surface area is 154 Å². The molecular formula is C16H26N4O5S. The maximum atomic E-state index is 11.8. The summed E-state index contributed by atoms with van der Waals surface area (Å²) in [6, 6.07) is 5.83. The molecule has 0 heterocycles. The molecule has 2 amide bonds. The van der Waals surface area contributed by atoms with E-state index < -0.39 is 22.2 Å². The molecule has 0 aromatic heterocycles. The summed E-state index contributed by atoms with van der Waals surface area (Å²) in [5.41, 5.74) is 0.909. The van der Waals surface area contributed by atoms with E-state index in [9.17, 15) is 18.0 Å². The number of hydrogen-bond acceptors (Lipinski definition) is 5. The highest BCUT2D eigenvalue weighted by atomic mass is 32.2. The van der Waals surface area contributed by atoms with E-state index in [-0.39, 0.29) is 13.1 Å². The summed E-state index contributed by atoms with van der Waals surface area (Å²) in [4.78, 5) is 23.5. The van der Waals surface area contributed by atoms with Crippen molar-refractivity contribution >= 4 is 27.9 Å². The number of benzene rings is 1. The van der Waals surface area contributed by atoms with Gasteiger partial charge in [-0.3, -0.25) is 0 Å². The number of hydrogen-bond donors (Lipinski definition) is 3. The smallest absolute Gasteiger partial charge is 0.338 e. The molecule has 0 radical (unpaired) electrons. The Kier molecular flexibility index (Phi) is 9.03. The summed E-state index contributed by atoms with van der Waals surface area (Å²) in [6.07, 6.45) is 1.76. The molecule has 1 aromatic rings. The van der Waals surface area contributed by atoms with Gasteiger partial charge in [-0.15, -0.1) is 0 Å². The Balaban J connectivity index is 2.37. The van der Waals surface area contributed by atoms with E-state index in [4.69, 9.17) is 4.74 Å². The predicted molar refractivity (Wildman–Crippen MR) is 99.3 cm³/mol. The largest absolute Gasteiger partial charge is 0.462 e. The molecule has 0 spiro atoms. The van der Waals surface area contributed by atoms with Crippen LogP contribution < -0.4 is 15.4 Å². The van der Waals surface area contributed by atoms with Crippen LogP contribution in [0.15, 0.2) is 24.3 Å². The fourth-order valence-electron chi connectivity index (χ4n) is 1.74. The maximum absolute atomic E-state index is 11.8. The first kappa shape index (κ1) is 21.9. The second kappa shape index (κ2) is 10.7. The molecule has 0 saturated carbocycles. The third-order valence-corrected chi connectivity index (χ3v) is 4.82. The molecule has 0 aliphatic rings. The van der Waals surface area contributed by atoms with Gasteiger partial charge in [-0.1, -0.05) is 13.3 Å². The van der Waals surface area contributed by atoms with Gasteiger partial charge in [0.2, 0.25) is 0 Å². The van der Waals surface area contributed by atoms with Crippen molar-refractivity contribution in [3.05, 3.63) is 29.8 Å². The molecule has 0 unspecified atom stereocenters. The average molecular weight is 386 g/mol. The summed E-state index contributed by atoms with van der Waals surface area (Å²) in [5.74, 6) is -0.400. The zero-order valence-electron chi connectivity index (χ0n) is 15.2. The lowest BCUT2D eigenvalue weighted by Gasteiger charge is -2.13. The van der Waals surface area contributed by atoms with Gasteiger partial charge in [0.1, 0.15) is 0 Å². The number of carbonyl (C=O) groups is 2. The van der Waals surface area contributed by atoms with Gasteiger partial charge in [0.25, 0.3) is 10.2 Å². The first-order chi connectivity index (χ1) is 12.3. The first-order valence-electron chi connectivity index (χ1n) is 8.25. The van der Waals surface area contributed by atoms with Crippen molar-refractivity contribution in [2.45, 2.75) is 19.8 Å². The number of anilines is 1. The maximum Gasteiger partial charge on any atom is 0.338 e. The van der Waals surface area contributed by atoms with Crippen molar-refractivity contribution in [1.82, 2.24) is 14.3 Å². The van der Waals surface area contributed by atoms with Crippen LogP contribution in [-0.2, 0) is 14.9 Å². The van der Waals surface area contributed by atoms with Crippen LogP contribution in [0.1, 0.15) is 30.1 Å². The SMILES string of the molecule is CCCCOC(=O)c1ccc(NC(=O)NCCNS(=O)(=O)N(C)C)cc1. The van der Waals surface area contributed by atoms with Crippen LogP contribution in [0, 0.1) is 0 Å². The first-order valence-corrected chi connectivity index (χ1v) is 9.69. The lowest BCUT2D eigenvalue weighted by molar-refractivity contribution is 0.0499. The number of urea groups is 1. The number of carbonyl (C=O) groups excluding carboxylic acids is 2. The lowest BCUT2D eigenvalue weighted by atomic mass is 10.2. The predicted octanol–water partition coefficient (Wildman–Crippen LogP) is 1.16. The zero-order valence-corrected chi connectivity index (χ0v) is 16.1. The molecule has 3 N–H and O–H groups in total. The molecule has 0 saturated heterocycles. The fraction of sp³-hybridized carbons (Fsp3) is 0.500. The van der Waals surface area contributed by atoms with Gasteiger partial charge < -0.3 is 15.4 Å². The zero-order chi connectivity index (χ0) is 19.6. The van der Waals surface area contributed by atoms with Gasteiger partial charge in [0, 0.05) is 32.9 Å². The van der Waals surface area contributed by atoms with Gasteiger partial charge in [0.15, 0.2) is 0 Å². The van der Waals surface area contributed by atoms with Crippen molar-refractivity contribution in [2.24, 2.45) is 0 Å². The topological polar surface area (TPSA) is 117 Å². The molecule has 26 heavy (non-hydrogen) atoms. The van der Waals surface area contributed by atoms with Crippen molar-refractivity contribution in [2.75, 3.05) is 39.1 Å². The Bertz CT molecular complexity index is 689. The number of rotatable bonds is 10. The van der Waals surface area contributed by atoms with Crippen molar-refractivity contribution in [1.29, 1.82) is 0 Å². The standard InChI is InChI=1S/C16H26N4O5S/c1-4-5-12-25-15(21)13-6-8-14(9-7-13)19-16(22)17-10-11-18-26(23,24)20(2)3/h6-9,18H,4-5,10-12H2,1-3H3,(H2,17,19,22). The van der Waals surface area contributed by atoms with E-state index in [0.717, 1.165) is 17.1 Å². The van der Waals surface area contributed by atoms with Crippen LogP contribution in [0.25, 0.3) is 0 Å². The van der Waals surface area contributed by atoms with Gasteiger partial charge in [-0.05, 0) is 30.7 Å². The van der Waals surface area contributed by atoms with Crippen LogP contribution in [0.5, 0.6) is 0 Å². The highest BCUT2D eigenvalue weighted by molar-refractivity contribution is 7.87. The number of unbranched alkanes of at least 4 members (excludes halogenated alkanes) is 1. The quantitative estimate of drug-likeness (QED) is 0.412. The molecule has 1 aromatic carbocycles. The van der Waals surface area contributed by atoms with Crippen molar-refractivity contribution in [3.8, 4) is 0 Å². The molecule has 0 fully saturated rings. The van der Waals surface area contributed by atoms with Crippen LogP contribution in [0.4, 0.5) is 10.5 Å². The minimum Gasteiger partial charge on any atom is -0.462 e. The number of nitrogens with one attached hydrogen (secondary N) is 3. The van der Waals surface area contributed by atoms with Gasteiger partial charge in [-0.25, -0.2) is 14.3 Å². The van der Waals surface area contributed by atoms with E-state index in [1.54, 1.807) is 24.3 Å². The highest BCUT2D eigenvalue weighted by Crippen LogP contribution is 2.10. The van der Waals surface area contributed by atoms with Crippen LogP contribution in [-0.4, -0.2) is 58.5 Å². The summed E-state index contributed by atoms with van der Waals surface area (Å²) in [7, 11) is -0.692. The van der Waals surface area contributed by atoms with E-state index >= 15 is 0 Å². The Morgan fingerprint density at radius 2 is 1.77 bits per heavy atom. The minimum atomic E-state index is -3.51. The highest BCUT2D eigenvalue weighted by Gasteiger charge is 2.12. The lowest BCUT2D eigenvalue weighted by Crippen LogP contribution is -2.41. The van der Waals surface area contributed by atoms with Gasteiger partial charge >= 0.3 is 12.0 Å². The third kappa shape index (κ3) is 7.81. The molecule has 146 valence electrons. The van der Waals surface area contributed by atoms with Gasteiger partial charge in [0.05, 0.1) is 12.2 Å². The van der Waals surface area contributed by atoms with Gasteiger partial charge in [-0.2, -0.15) is 12.7 Å². The molecular weight excluding hydrogens is 360 g/mol. The minimum absolute atomic E-state index is 0.0659. The summed E-state index contributed by atoms with van der Waals surface area (Å²) in [5, 5.41) is 5.12. The number of ether oxygens (including phenoxy) is 1.